The number of hydrogen-bond donors (Lipinski definition) is 1. The summed E-state index contributed by atoms with van der Waals surface area (Å²) in [6.07, 6.45) is 0. The van der Waals surface area contributed by atoms with Crippen molar-refractivity contribution < 1.29 is 19.4 Å². The van der Waals surface area contributed by atoms with Gasteiger partial charge in [0.25, 0.3) is 5.91 Å². The van der Waals surface area contributed by atoms with Gasteiger partial charge in [0.2, 0.25) is 0 Å². The summed E-state index contributed by atoms with van der Waals surface area (Å²) in [6, 6.07) is 11.6. The molecular formula is C19H16ClNO4. The third kappa shape index (κ3) is 2.87. The largest absolute Gasteiger partial charge is 0.502 e. The lowest BCUT2D eigenvalue weighted by molar-refractivity contribution is -0.121. The molecule has 0 aromatic heterocycles. The highest BCUT2D eigenvalue weighted by molar-refractivity contribution is 6.45. The molecule has 2 amide bonds. The molecule has 0 saturated heterocycles. The number of carbonyl (C=O) groups excluding carboxylic acids is 2. The number of anilines is 1. The van der Waals surface area contributed by atoms with E-state index >= 15 is 0 Å². The van der Waals surface area contributed by atoms with Crippen LogP contribution in [0.25, 0.3) is 5.57 Å². The number of halogens is 1. The number of hydrogen-bond acceptors (Lipinski definition) is 4. The van der Waals surface area contributed by atoms with E-state index in [0.29, 0.717) is 34.2 Å². The number of imide groups is 1. The summed E-state index contributed by atoms with van der Waals surface area (Å²) in [5, 5.41) is 10.7. The minimum Gasteiger partial charge on any atom is -0.502 e. The normalized spacial score (nSPS) is 14.4. The van der Waals surface area contributed by atoms with Crippen molar-refractivity contribution in [2.75, 3.05) is 11.5 Å². The molecule has 0 unspecified atom stereocenters. The minimum atomic E-state index is -0.765. The molecule has 1 aliphatic rings. The first kappa shape index (κ1) is 17.0. The Morgan fingerprint density at radius 2 is 1.76 bits per heavy atom. The van der Waals surface area contributed by atoms with Crippen molar-refractivity contribution in [3.63, 3.8) is 0 Å². The standard InChI is InChI=1S/C19H16ClNO4/c1-3-25-13-9-7-12(8-10-13)16-17(22)19(24)21(18(16)23)15-6-4-5-14(20)11(15)2/h4-10,22H,3H2,1-2H3. The zero-order chi connectivity index (χ0) is 18.1. The Hall–Kier alpha value is -2.79. The first-order valence-electron chi connectivity index (χ1n) is 7.76. The lowest BCUT2D eigenvalue weighted by Gasteiger charge is -2.17. The molecule has 1 aliphatic heterocycles. The molecule has 128 valence electrons. The predicted octanol–water partition coefficient (Wildman–Crippen LogP) is 3.89. The Kier molecular flexibility index (Phi) is 4.51. The van der Waals surface area contributed by atoms with E-state index in [2.05, 4.69) is 0 Å². The third-order valence-electron chi connectivity index (χ3n) is 3.99. The highest BCUT2D eigenvalue weighted by atomic mass is 35.5. The van der Waals surface area contributed by atoms with Gasteiger partial charge in [-0.25, -0.2) is 4.90 Å². The van der Waals surface area contributed by atoms with Gasteiger partial charge in [0, 0.05) is 5.02 Å². The van der Waals surface area contributed by atoms with Crippen LogP contribution >= 0.6 is 11.6 Å². The van der Waals surface area contributed by atoms with Crippen molar-refractivity contribution in [3.05, 3.63) is 64.4 Å². The van der Waals surface area contributed by atoms with E-state index in [9.17, 15) is 14.7 Å². The average molecular weight is 358 g/mol. The predicted molar refractivity (Wildman–Crippen MR) is 95.8 cm³/mol. The maximum Gasteiger partial charge on any atom is 0.301 e. The third-order valence-corrected chi connectivity index (χ3v) is 4.40. The highest BCUT2D eigenvalue weighted by Gasteiger charge is 2.40. The van der Waals surface area contributed by atoms with Crippen LogP contribution in [-0.2, 0) is 9.59 Å². The number of ether oxygens (including phenoxy) is 1. The van der Waals surface area contributed by atoms with Crippen LogP contribution in [0, 0.1) is 6.92 Å². The van der Waals surface area contributed by atoms with E-state index in [-0.39, 0.29) is 5.57 Å². The van der Waals surface area contributed by atoms with Gasteiger partial charge in [-0.2, -0.15) is 0 Å². The average Bonchev–Trinajstić information content (AvgIpc) is 2.81. The summed E-state index contributed by atoms with van der Waals surface area (Å²) in [5.74, 6) is -1.28. The maximum absolute atomic E-state index is 12.8. The Labute approximate surface area is 150 Å². The van der Waals surface area contributed by atoms with Crippen molar-refractivity contribution in [2.24, 2.45) is 0 Å². The summed E-state index contributed by atoms with van der Waals surface area (Å²) in [6.45, 7) is 4.10. The molecule has 0 aliphatic carbocycles. The fraction of sp³-hybridized carbons (Fsp3) is 0.158. The first-order valence-corrected chi connectivity index (χ1v) is 8.13. The molecule has 5 nitrogen and oxygen atoms in total. The molecule has 3 rings (SSSR count). The van der Waals surface area contributed by atoms with Crippen LogP contribution in [0.5, 0.6) is 5.75 Å². The van der Waals surface area contributed by atoms with E-state index in [0.717, 1.165) is 4.90 Å². The number of aliphatic hydroxyl groups excluding tert-OH is 1. The van der Waals surface area contributed by atoms with Gasteiger partial charge >= 0.3 is 5.91 Å². The van der Waals surface area contributed by atoms with E-state index in [4.69, 9.17) is 16.3 Å². The summed E-state index contributed by atoms with van der Waals surface area (Å²) >= 11 is 6.09. The second-order valence-corrected chi connectivity index (χ2v) is 5.92. The van der Waals surface area contributed by atoms with Crippen LogP contribution in [0.1, 0.15) is 18.1 Å². The quantitative estimate of drug-likeness (QED) is 0.843. The van der Waals surface area contributed by atoms with Crippen LogP contribution in [-0.4, -0.2) is 23.5 Å². The summed E-state index contributed by atoms with van der Waals surface area (Å²) in [4.78, 5) is 26.2. The monoisotopic (exact) mass is 357 g/mol. The van der Waals surface area contributed by atoms with Crippen molar-refractivity contribution in [1.82, 2.24) is 0 Å². The summed E-state index contributed by atoms with van der Waals surface area (Å²) in [5.41, 5.74) is 1.36. The van der Waals surface area contributed by atoms with Gasteiger partial charge in [0.1, 0.15) is 5.75 Å². The zero-order valence-electron chi connectivity index (χ0n) is 13.7. The van der Waals surface area contributed by atoms with Crippen molar-refractivity contribution in [3.8, 4) is 5.75 Å². The van der Waals surface area contributed by atoms with Crippen LogP contribution in [0.3, 0.4) is 0 Å². The van der Waals surface area contributed by atoms with E-state index in [1.165, 1.54) is 0 Å². The lowest BCUT2D eigenvalue weighted by Crippen LogP contribution is -2.32. The first-order chi connectivity index (χ1) is 12.0. The van der Waals surface area contributed by atoms with Gasteiger partial charge in [0.05, 0.1) is 17.9 Å². The molecule has 2 aromatic rings. The van der Waals surface area contributed by atoms with Crippen LogP contribution in [0.2, 0.25) is 5.02 Å². The van der Waals surface area contributed by atoms with Gasteiger partial charge in [-0.3, -0.25) is 9.59 Å². The number of carbonyl (C=O) groups is 2. The van der Waals surface area contributed by atoms with Gasteiger partial charge in [-0.1, -0.05) is 29.8 Å². The molecule has 0 saturated carbocycles. The highest BCUT2D eigenvalue weighted by Crippen LogP contribution is 2.35. The van der Waals surface area contributed by atoms with E-state index < -0.39 is 17.6 Å². The van der Waals surface area contributed by atoms with Crippen molar-refractivity contribution in [1.29, 1.82) is 0 Å². The second-order valence-electron chi connectivity index (χ2n) is 5.51. The number of benzene rings is 2. The number of nitrogens with zero attached hydrogens (tertiary/aromatic N) is 1. The van der Waals surface area contributed by atoms with Gasteiger partial charge in [-0.05, 0) is 49.2 Å². The topological polar surface area (TPSA) is 66.8 Å². The molecule has 2 aromatic carbocycles. The van der Waals surface area contributed by atoms with Gasteiger partial charge < -0.3 is 9.84 Å². The molecule has 1 heterocycles. The van der Waals surface area contributed by atoms with Crippen molar-refractivity contribution >= 4 is 34.7 Å². The molecule has 0 spiro atoms. The molecule has 0 radical (unpaired) electrons. The fourth-order valence-corrected chi connectivity index (χ4v) is 2.89. The smallest absolute Gasteiger partial charge is 0.301 e. The van der Waals surface area contributed by atoms with Crippen LogP contribution in [0.4, 0.5) is 5.69 Å². The van der Waals surface area contributed by atoms with Gasteiger partial charge in [0.15, 0.2) is 5.76 Å². The second kappa shape index (κ2) is 6.61. The van der Waals surface area contributed by atoms with Crippen LogP contribution < -0.4 is 9.64 Å². The maximum atomic E-state index is 12.8. The van der Waals surface area contributed by atoms with Crippen molar-refractivity contribution in [2.45, 2.75) is 13.8 Å². The molecule has 25 heavy (non-hydrogen) atoms. The summed E-state index contributed by atoms with van der Waals surface area (Å²) < 4.78 is 5.36. The lowest BCUT2D eigenvalue weighted by atomic mass is 10.1. The fourth-order valence-electron chi connectivity index (χ4n) is 2.72. The number of rotatable bonds is 4. The zero-order valence-corrected chi connectivity index (χ0v) is 14.5. The Bertz CT molecular complexity index is 887. The molecule has 0 atom stereocenters. The Morgan fingerprint density at radius 3 is 2.40 bits per heavy atom. The minimum absolute atomic E-state index is 0.0348. The summed E-state index contributed by atoms with van der Waals surface area (Å²) in [7, 11) is 0. The Morgan fingerprint density at radius 1 is 1.08 bits per heavy atom. The molecule has 6 heteroatoms. The SMILES string of the molecule is CCOc1ccc(C2=C(O)C(=O)N(c3cccc(Cl)c3C)C2=O)cc1. The van der Waals surface area contributed by atoms with Gasteiger partial charge in [-0.15, -0.1) is 0 Å². The number of amides is 2. The van der Waals surface area contributed by atoms with Crippen LogP contribution in [0.15, 0.2) is 48.2 Å². The molecule has 0 fully saturated rings. The molecule has 1 N–H and O–H groups in total. The Balaban J connectivity index is 2.01. The molecular weight excluding hydrogens is 342 g/mol. The molecule has 0 bridgehead atoms. The number of aliphatic hydroxyl groups is 1. The van der Waals surface area contributed by atoms with E-state index in [1.54, 1.807) is 49.4 Å². The van der Waals surface area contributed by atoms with E-state index in [1.807, 2.05) is 6.92 Å².